The van der Waals surface area contributed by atoms with E-state index in [1.165, 1.54) is 16.9 Å². The Bertz CT molecular complexity index is 679. The van der Waals surface area contributed by atoms with Gasteiger partial charge in [0.2, 0.25) is 5.91 Å². The maximum atomic E-state index is 13.3. The van der Waals surface area contributed by atoms with E-state index < -0.39 is 5.82 Å². The largest absolute Gasteiger partial charge is 0.311 e. The molecule has 8 heteroatoms. The monoisotopic (exact) mass is 386 g/mol. The lowest BCUT2D eigenvalue weighted by atomic mass is 10.2. The number of rotatable bonds is 5. The summed E-state index contributed by atoms with van der Waals surface area (Å²) in [5.41, 5.74) is 1.12. The summed E-state index contributed by atoms with van der Waals surface area (Å²) < 4.78 is 15.3. The van der Waals surface area contributed by atoms with Crippen molar-refractivity contribution in [1.82, 2.24) is 14.8 Å². The summed E-state index contributed by atoms with van der Waals surface area (Å²) in [6, 6.07) is 1.33. The first-order chi connectivity index (χ1) is 10.4. The SMILES string of the molecule is CSC[C@@H](C)C(=O)N(C)c1cn(-c2cncc(F)c2)nc1Br. The van der Waals surface area contributed by atoms with Crippen LogP contribution in [0.1, 0.15) is 6.92 Å². The Balaban J connectivity index is 2.28. The zero-order valence-electron chi connectivity index (χ0n) is 12.5. The third-order valence-corrected chi connectivity index (χ3v) is 4.53. The van der Waals surface area contributed by atoms with Crippen LogP contribution in [0.25, 0.3) is 5.69 Å². The van der Waals surface area contributed by atoms with E-state index in [1.807, 2.05) is 13.2 Å². The molecule has 0 bridgehead atoms. The summed E-state index contributed by atoms with van der Waals surface area (Å²) in [5, 5.41) is 4.26. The lowest BCUT2D eigenvalue weighted by Gasteiger charge is -2.19. The zero-order chi connectivity index (χ0) is 16.3. The number of nitrogens with zero attached hydrogens (tertiary/aromatic N) is 4. The highest BCUT2D eigenvalue weighted by Crippen LogP contribution is 2.27. The third kappa shape index (κ3) is 3.67. The highest BCUT2D eigenvalue weighted by molar-refractivity contribution is 9.10. The van der Waals surface area contributed by atoms with Gasteiger partial charge in [-0.1, -0.05) is 6.92 Å². The van der Waals surface area contributed by atoms with E-state index in [1.54, 1.807) is 29.9 Å². The minimum Gasteiger partial charge on any atom is -0.311 e. The van der Waals surface area contributed by atoms with Crippen molar-refractivity contribution in [2.24, 2.45) is 5.92 Å². The molecule has 2 rings (SSSR count). The quantitative estimate of drug-likeness (QED) is 0.791. The van der Waals surface area contributed by atoms with E-state index >= 15 is 0 Å². The molecular formula is C14H16BrFN4OS. The Morgan fingerprint density at radius 1 is 1.55 bits per heavy atom. The van der Waals surface area contributed by atoms with Gasteiger partial charge in [-0.2, -0.15) is 16.9 Å². The van der Waals surface area contributed by atoms with Crippen LogP contribution in [-0.4, -0.2) is 39.7 Å². The fourth-order valence-electron chi connectivity index (χ4n) is 2.00. The van der Waals surface area contributed by atoms with Crippen molar-refractivity contribution in [3.05, 3.63) is 35.1 Å². The number of thioether (sulfide) groups is 1. The zero-order valence-corrected chi connectivity index (χ0v) is 14.9. The van der Waals surface area contributed by atoms with Crippen molar-refractivity contribution < 1.29 is 9.18 Å². The number of anilines is 1. The molecule has 0 unspecified atom stereocenters. The van der Waals surface area contributed by atoms with Crippen molar-refractivity contribution in [1.29, 1.82) is 0 Å². The first-order valence-electron chi connectivity index (χ1n) is 6.56. The molecule has 0 saturated carbocycles. The molecular weight excluding hydrogens is 371 g/mol. The number of hydrogen-bond acceptors (Lipinski definition) is 4. The van der Waals surface area contributed by atoms with Gasteiger partial charge in [0.15, 0.2) is 4.60 Å². The van der Waals surface area contributed by atoms with Gasteiger partial charge < -0.3 is 4.90 Å². The number of pyridine rings is 1. The summed E-state index contributed by atoms with van der Waals surface area (Å²) in [6.45, 7) is 1.89. The molecule has 0 aliphatic rings. The second kappa shape index (κ2) is 7.23. The summed E-state index contributed by atoms with van der Waals surface area (Å²) in [5.74, 6) is 0.227. The molecule has 2 aromatic heterocycles. The smallest absolute Gasteiger partial charge is 0.230 e. The number of carbonyl (C=O) groups excluding carboxylic acids is 1. The minimum atomic E-state index is -0.441. The molecule has 2 aromatic rings. The number of amides is 1. The maximum Gasteiger partial charge on any atom is 0.230 e. The second-order valence-corrected chi connectivity index (χ2v) is 6.53. The molecule has 0 N–H and O–H groups in total. The molecule has 0 aliphatic carbocycles. The molecule has 0 aliphatic heterocycles. The van der Waals surface area contributed by atoms with Gasteiger partial charge in [0.05, 0.1) is 30.0 Å². The van der Waals surface area contributed by atoms with Crippen molar-refractivity contribution >= 4 is 39.3 Å². The molecule has 0 radical (unpaired) electrons. The molecule has 0 saturated heterocycles. The van der Waals surface area contributed by atoms with Crippen LogP contribution in [0, 0.1) is 11.7 Å². The van der Waals surface area contributed by atoms with Gasteiger partial charge >= 0.3 is 0 Å². The Kier molecular flexibility index (Phi) is 5.57. The maximum absolute atomic E-state index is 13.3. The number of halogens is 2. The van der Waals surface area contributed by atoms with Crippen molar-refractivity contribution in [2.45, 2.75) is 6.92 Å². The minimum absolute atomic E-state index is 0.00645. The van der Waals surface area contributed by atoms with Crippen LogP contribution in [0.2, 0.25) is 0 Å². The topological polar surface area (TPSA) is 51.0 Å². The molecule has 0 aromatic carbocycles. The molecule has 1 amide bonds. The average molecular weight is 387 g/mol. The average Bonchev–Trinajstić information content (AvgIpc) is 2.88. The predicted molar refractivity (Wildman–Crippen MR) is 90.0 cm³/mol. The standard InChI is InChI=1S/C14H16BrFN4OS/c1-9(8-22-3)14(21)19(2)12-7-20(18-13(12)15)11-4-10(16)5-17-6-11/h4-7,9H,8H2,1-3H3/t9-/m1/s1. The van der Waals surface area contributed by atoms with E-state index in [-0.39, 0.29) is 11.8 Å². The van der Waals surface area contributed by atoms with Gasteiger partial charge in [-0.3, -0.25) is 9.78 Å². The van der Waals surface area contributed by atoms with Crippen LogP contribution >= 0.6 is 27.7 Å². The first-order valence-corrected chi connectivity index (χ1v) is 8.75. The van der Waals surface area contributed by atoms with Crippen LogP contribution < -0.4 is 4.90 Å². The van der Waals surface area contributed by atoms with Gasteiger partial charge in [0, 0.05) is 24.8 Å². The van der Waals surface area contributed by atoms with Gasteiger partial charge in [-0.25, -0.2) is 9.07 Å². The lowest BCUT2D eigenvalue weighted by Crippen LogP contribution is -2.32. The van der Waals surface area contributed by atoms with Gasteiger partial charge in [-0.15, -0.1) is 0 Å². The van der Waals surface area contributed by atoms with E-state index in [2.05, 4.69) is 26.0 Å². The fourth-order valence-corrected chi connectivity index (χ4v) is 3.18. The highest BCUT2D eigenvalue weighted by atomic mass is 79.9. The fraction of sp³-hybridized carbons (Fsp3) is 0.357. The Labute approximate surface area is 141 Å². The van der Waals surface area contributed by atoms with Gasteiger partial charge in [0.25, 0.3) is 0 Å². The van der Waals surface area contributed by atoms with Crippen LogP contribution in [0.3, 0.4) is 0 Å². The summed E-state index contributed by atoms with van der Waals surface area (Å²) >= 11 is 4.97. The van der Waals surface area contributed by atoms with Crippen LogP contribution in [0.5, 0.6) is 0 Å². The summed E-state index contributed by atoms with van der Waals surface area (Å²) in [7, 11) is 1.70. The van der Waals surface area contributed by atoms with E-state index in [4.69, 9.17) is 0 Å². The Morgan fingerprint density at radius 2 is 2.27 bits per heavy atom. The highest BCUT2D eigenvalue weighted by Gasteiger charge is 2.22. The van der Waals surface area contributed by atoms with Crippen LogP contribution in [0.4, 0.5) is 10.1 Å². The summed E-state index contributed by atoms with van der Waals surface area (Å²) in [6.07, 6.45) is 6.27. The van der Waals surface area contributed by atoms with Gasteiger partial charge in [0.1, 0.15) is 5.82 Å². The van der Waals surface area contributed by atoms with E-state index in [0.717, 1.165) is 11.9 Å². The number of carbonyl (C=O) groups is 1. The predicted octanol–water partition coefficient (Wildman–Crippen LogP) is 3.13. The summed E-state index contributed by atoms with van der Waals surface area (Å²) in [4.78, 5) is 17.7. The molecule has 2 heterocycles. The molecule has 0 spiro atoms. The molecule has 118 valence electrons. The van der Waals surface area contributed by atoms with Crippen LogP contribution in [0.15, 0.2) is 29.3 Å². The van der Waals surface area contributed by atoms with Crippen molar-refractivity contribution in [2.75, 3.05) is 24.0 Å². The second-order valence-electron chi connectivity index (χ2n) is 4.86. The molecule has 5 nitrogen and oxygen atoms in total. The van der Waals surface area contributed by atoms with E-state index in [0.29, 0.717) is 16.0 Å². The number of aromatic nitrogens is 3. The normalized spacial score (nSPS) is 12.2. The third-order valence-electron chi connectivity index (χ3n) is 3.14. The molecule has 0 fully saturated rings. The van der Waals surface area contributed by atoms with E-state index in [9.17, 15) is 9.18 Å². The van der Waals surface area contributed by atoms with Crippen LogP contribution in [-0.2, 0) is 4.79 Å². The Hall–Kier alpha value is -1.41. The lowest BCUT2D eigenvalue weighted by molar-refractivity contribution is -0.120. The van der Waals surface area contributed by atoms with Crippen molar-refractivity contribution in [3.63, 3.8) is 0 Å². The molecule has 22 heavy (non-hydrogen) atoms. The van der Waals surface area contributed by atoms with Gasteiger partial charge in [-0.05, 0) is 22.2 Å². The first kappa shape index (κ1) is 17.0. The number of hydrogen-bond donors (Lipinski definition) is 0. The Morgan fingerprint density at radius 3 is 2.91 bits per heavy atom. The molecule has 1 atom stereocenters. The van der Waals surface area contributed by atoms with Crippen molar-refractivity contribution in [3.8, 4) is 5.69 Å².